The molecule has 35 heavy (non-hydrogen) atoms. The van der Waals surface area contributed by atoms with Gasteiger partial charge in [-0.05, 0) is 100.0 Å². The molecule has 188 valence electrons. The number of halogens is 1. The van der Waals surface area contributed by atoms with Crippen LogP contribution in [0, 0.1) is 17.8 Å². The quantitative estimate of drug-likeness (QED) is 0.488. The first-order valence-corrected chi connectivity index (χ1v) is 14.3. The first-order valence-electron chi connectivity index (χ1n) is 13.1. The fourth-order valence-corrected chi connectivity index (χ4v) is 7.02. The van der Waals surface area contributed by atoms with Crippen LogP contribution < -0.4 is 10.1 Å². The Morgan fingerprint density at radius 3 is 2.54 bits per heavy atom. The number of nitrogens with zero attached hydrogens (tertiary/aromatic N) is 1. The van der Waals surface area contributed by atoms with E-state index >= 15 is 0 Å². The molecule has 1 unspecified atom stereocenters. The molecule has 2 aliphatic heterocycles. The number of Topliss-reactive ketones (excluding diaryl/α,β-unsaturated/α-hetero) is 1. The number of para-hydroxylation sites is 1. The fraction of sp³-hybridized carbons (Fsp3) is 0.571. The van der Waals surface area contributed by atoms with E-state index in [1.807, 2.05) is 29.6 Å². The standard InChI is InChI=1S/C28H35ClN2O3S/c29-24-12-16-35-27(24)26(32)20-10-14-31(15-11-20)13-9-19-5-7-23(8-6-19)30-28(33)22-17-21-3-1-2-4-25(21)34-18-22/h1-4,12,16,19-20,22-23H,5-11,13-15,17-18H2,(H,30,33). The van der Waals surface area contributed by atoms with Gasteiger partial charge in [-0.1, -0.05) is 29.8 Å². The monoisotopic (exact) mass is 514 g/mol. The summed E-state index contributed by atoms with van der Waals surface area (Å²) in [5.41, 5.74) is 1.13. The minimum atomic E-state index is -0.0896. The third-order valence-electron chi connectivity index (χ3n) is 8.10. The van der Waals surface area contributed by atoms with E-state index in [1.165, 1.54) is 30.6 Å². The van der Waals surface area contributed by atoms with Crippen LogP contribution in [0.25, 0.3) is 0 Å². The van der Waals surface area contributed by atoms with E-state index in [0.29, 0.717) is 17.7 Å². The predicted octanol–water partition coefficient (Wildman–Crippen LogP) is 5.61. The summed E-state index contributed by atoms with van der Waals surface area (Å²) in [7, 11) is 0. The molecule has 2 aromatic rings. The van der Waals surface area contributed by atoms with Crippen LogP contribution in [-0.4, -0.2) is 48.9 Å². The number of nitrogens with one attached hydrogen (secondary N) is 1. The topological polar surface area (TPSA) is 58.6 Å². The van der Waals surface area contributed by atoms with Crippen molar-refractivity contribution in [3.63, 3.8) is 0 Å². The van der Waals surface area contributed by atoms with Crippen molar-refractivity contribution in [1.82, 2.24) is 10.2 Å². The third kappa shape index (κ3) is 6.10. The number of hydrogen-bond acceptors (Lipinski definition) is 5. The van der Waals surface area contributed by atoms with E-state index in [9.17, 15) is 9.59 Å². The van der Waals surface area contributed by atoms with Gasteiger partial charge in [0, 0.05) is 12.0 Å². The van der Waals surface area contributed by atoms with Crippen molar-refractivity contribution in [1.29, 1.82) is 0 Å². The van der Waals surface area contributed by atoms with Crippen LogP contribution in [-0.2, 0) is 11.2 Å². The zero-order valence-electron chi connectivity index (χ0n) is 20.2. The second-order valence-corrected chi connectivity index (χ2v) is 11.7. The van der Waals surface area contributed by atoms with Crippen LogP contribution in [0.5, 0.6) is 5.75 Å². The molecule has 5 nitrogen and oxygen atoms in total. The van der Waals surface area contributed by atoms with Gasteiger partial charge in [0.2, 0.25) is 5.91 Å². The highest BCUT2D eigenvalue weighted by molar-refractivity contribution is 7.12. The number of likely N-dealkylation sites (tertiary alicyclic amines) is 1. The number of piperidine rings is 1. The first kappa shape index (κ1) is 24.8. The molecule has 1 N–H and O–H groups in total. The lowest BCUT2D eigenvalue weighted by Gasteiger charge is -2.34. The molecule has 1 saturated carbocycles. The molecule has 5 rings (SSSR count). The van der Waals surface area contributed by atoms with Gasteiger partial charge in [-0.15, -0.1) is 11.3 Å². The second kappa shape index (κ2) is 11.4. The molecule has 1 atom stereocenters. The molecule has 1 amide bonds. The number of hydrogen-bond donors (Lipinski definition) is 1. The number of ether oxygens (including phenoxy) is 1. The van der Waals surface area contributed by atoms with Crippen LogP contribution in [0.2, 0.25) is 5.02 Å². The summed E-state index contributed by atoms with van der Waals surface area (Å²) in [5, 5.41) is 5.81. The maximum atomic E-state index is 12.8. The minimum Gasteiger partial charge on any atom is -0.492 e. The van der Waals surface area contributed by atoms with E-state index < -0.39 is 0 Å². The summed E-state index contributed by atoms with van der Waals surface area (Å²) >= 11 is 7.63. The Kier molecular flexibility index (Phi) is 8.11. The maximum absolute atomic E-state index is 12.8. The maximum Gasteiger partial charge on any atom is 0.227 e. The van der Waals surface area contributed by atoms with E-state index in [-0.39, 0.29) is 23.5 Å². The van der Waals surface area contributed by atoms with Crippen molar-refractivity contribution in [3.05, 3.63) is 51.2 Å². The van der Waals surface area contributed by atoms with Gasteiger partial charge >= 0.3 is 0 Å². The third-order valence-corrected chi connectivity index (χ3v) is 9.45. The molecule has 3 aliphatic rings. The zero-order valence-corrected chi connectivity index (χ0v) is 21.8. The summed E-state index contributed by atoms with van der Waals surface area (Å²) in [4.78, 5) is 28.8. The smallest absolute Gasteiger partial charge is 0.227 e. The Morgan fingerprint density at radius 2 is 1.80 bits per heavy atom. The van der Waals surface area contributed by atoms with Crippen molar-refractivity contribution >= 4 is 34.6 Å². The number of ketones is 1. The van der Waals surface area contributed by atoms with Crippen molar-refractivity contribution < 1.29 is 14.3 Å². The Balaban J connectivity index is 0.989. The van der Waals surface area contributed by atoms with E-state index in [2.05, 4.69) is 16.3 Å². The zero-order chi connectivity index (χ0) is 24.2. The number of carbonyl (C=O) groups is 2. The van der Waals surface area contributed by atoms with Crippen molar-refractivity contribution in [2.45, 2.75) is 57.4 Å². The number of amides is 1. The van der Waals surface area contributed by atoms with Crippen LogP contribution in [0.3, 0.4) is 0 Å². The van der Waals surface area contributed by atoms with Gasteiger partial charge in [0.25, 0.3) is 0 Å². The summed E-state index contributed by atoms with van der Waals surface area (Å²) in [5.74, 6) is 2.05. The predicted molar refractivity (Wildman–Crippen MR) is 140 cm³/mol. The molecule has 1 aromatic heterocycles. The van der Waals surface area contributed by atoms with E-state index in [0.717, 1.165) is 73.8 Å². The molecule has 1 aromatic carbocycles. The Morgan fingerprint density at radius 1 is 1.03 bits per heavy atom. The molecule has 3 heterocycles. The molecule has 1 saturated heterocycles. The highest BCUT2D eigenvalue weighted by atomic mass is 35.5. The number of fused-ring (bicyclic) bond motifs is 1. The van der Waals surface area contributed by atoms with Crippen molar-refractivity contribution in [3.8, 4) is 5.75 Å². The first-order chi connectivity index (χ1) is 17.1. The van der Waals surface area contributed by atoms with Crippen LogP contribution >= 0.6 is 22.9 Å². The number of rotatable bonds is 7. The molecule has 0 radical (unpaired) electrons. The number of thiophene rings is 1. The molecule has 0 spiro atoms. The lowest BCUT2D eigenvalue weighted by atomic mass is 9.83. The fourth-order valence-electron chi connectivity index (χ4n) is 5.85. The van der Waals surface area contributed by atoms with Gasteiger partial charge in [0.1, 0.15) is 12.4 Å². The van der Waals surface area contributed by atoms with Gasteiger partial charge in [-0.3, -0.25) is 9.59 Å². The highest BCUT2D eigenvalue weighted by Gasteiger charge is 2.30. The molecule has 7 heteroatoms. The van der Waals surface area contributed by atoms with E-state index in [4.69, 9.17) is 16.3 Å². The van der Waals surface area contributed by atoms with E-state index in [1.54, 1.807) is 0 Å². The van der Waals surface area contributed by atoms with Gasteiger partial charge < -0.3 is 15.0 Å². The normalized spacial score (nSPS) is 25.5. The summed E-state index contributed by atoms with van der Waals surface area (Å²) in [6.45, 7) is 3.58. The van der Waals surface area contributed by atoms with Crippen LogP contribution in [0.1, 0.15) is 60.2 Å². The second-order valence-electron chi connectivity index (χ2n) is 10.4. The van der Waals surface area contributed by atoms with Crippen LogP contribution in [0.15, 0.2) is 35.7 Å². The van der Waals surface area contributed by atoms with Crippen molar-refractivity contribution in [2.75, 3.05) is 26.2 Å². The summed E-state index contributed by atoms with van der Waals surface area (Å²) in [6, 6.07) is 10.1. The minimum absolute atomic E-state index is 0.0896. The van der Waals surface area contributed by atoms with Gasteiger partial charge in [0.15, 0.2) is 5.78 Å². The Bertz CT molecular complexity index is 1020. The summed E-state index contributed by atoms with van der Waals surface area (Å²) in [6.07, 6.45) is 8.34. The molecular weight excluding hydrogens is 480 g/mol. The lowest BCUT2D eigenvalue weighted by Crippen LogP contribution is -2.44. The van der Waals surface area contributed by atoms with Gasteiger partial charge in [0.05, 0.1) is 15.8 Å². The average Bonchev–Trinajstić information content (AvgIpc) is 3.33. The largest absolute Gasteiger partial charge is 0.492 e. The average molecular weight is 515 g/mol. The Labute approximate surface area is 217 Å². The molecule has 0 bridgehead atoms. The van der Waals surface area contributed by atoms with Gasteiger partial charge in [-0.2, -0.15) is 0 Å². The summed E-state index contributed by atoms with van der Waals surface area (Å²) < 4.78 is 5.81. The lowest BCUT2D eigenvalue weighted by molar-refractivity contribution is -0.127. The molecule has 1 aliphatic carbocycles. The van der Waals surface area contributed by atoms with Gasteiger partial charge in [-0.25, -0.2) is 0 Å². The molecular formula is C28H35ClN2O3S. The SMILES string of the molecule is O=C(NC1CCC(CCN2CCC(C(=O)c3sccc3Cl)CC2)CC1)C1COc2ccccc2C1. The Hall–Kier alpha value is -1.89. The number of benzene rings is 1. The van der Waals surface area contributed by atoms with Crippen LogP contribution in [0.4, 0.5) is 0 Å². The number of carbonyl (C=O) groups excluding carboxylic acids is 2. The highest BCUT2D eigenvalue weighted by Crippen LogP contribution is 2.32. The molecule has 2 fully saturated rings. The van der Waals surface area contributed by atoms with Crippen molar-refractivity contribution in [2.24, 2.45) is 17.8 Å².